The van der Waals surface area contributed by atoms with Crippen LogP contribution in [0.4, 0.5) is 0 Å². The van der Waals surface area contributed by atoms with Crippen LogP contribution in [0.5, 0.6) is 0 Å². The van der Waals surface area contributed by atoms with E-state index in [9.17, 15) is 24.0 Å². The summed E-state index contributed by atoms with van der Waals surface area (Å²) in [6.07, 6.45) is 0. The molecule has 0 saturated carbocycles. The molecule has 2 aromatic carbocycles. The summed E-state index contributed by atoms with van der Waals surface area (Å²) in [6, 6.07) is 8.96. The maximum Gasteiger partial charge on any atom is 0.193 e. The Balaban J connectivity index is 2.65. The second-order valence-electron chi connectivity index (χ2n) is 10.0. The lowest BCUT2D eigenvalue weighted by Gasteiger charge is -2.19. The van der Waals surface area contributed by atoms with Crippen molar-refractivity contribution in [3.63, 3.8) is 0 Å². The zero-order chi connectivity index (χ0) is 25.2. The van der Waals surface area contributed by atoms with Crippen molar-refractivity contribution in [1.82, 2.24) is 0 Å². The van der Waals surface area contributed by atoms with E-state index < -0.39 is 11.2 Å². The highest BCUT2D eigenvalue weighted by Gasteiger charge is 2.28. The molecule has 0 aliphatic heterocycles. The highest BCUT2D eigenvalue weighted by atomic mass is 16.1. The van der Waals surface area contributed by atoms with E-state index >= 15 is 0 Å². The van der Waals surface area contributed by atoms with Crippen LogP contribution in [-0.2, 0) is 0 Å². The lowest BCUT2D eigenvalue weighted by Crippen LogP contribution is -2.23. The molecule has 0 aliphatic rings. The Labute approximate surface area is 195 Å². The number of benzene rings is 2. The molecule has 0 fully saturated rings. The van der Waals surface area contributed by atoms with Gasteiger partial charge in [0.25, 0.3) is 0 Å². The zero-order valence-electron chi connectivity index (χ0n) is 20.7. The van der Waals surface area contributed by atoms with E-state index in [0.717, 1.165) is 0 Å². The van der Waals surface area contributed by atoms with Crippen molar-refractivity contribution in [2.45, 2.75) is 55.4 Å². The summed E-state index contributed by atoms with van der Waals surface area (Å²) in [6.45, 7) is 13.6. The topological polar surface area (TPSA) is 85.3 Å². The number of carbonyl (C=O) groups excluding carboxylic acids is 5. The van der Waals surface area contributed by atoms with E-state index in [2.05, 4.69) is 0 Å². The van der Waals surface area contributed by atoms with Gasteiger partial charge in [0, 0.05) is 50.6 Å². The van der Waals surface area contributed by atoms with Crippen LogP contribution in [0.2, 0.25) is 0 Å². The molecule has 2 aromatic rings. The van der Waals surface area contributed by atoms with Crippen LogP contribution in [0.1, 0.15) is 113 Å². The quantitative estimate of drug-likeness (QED) is 0.461. The molecule has 0 bridgehead atoms. The van der Waals surface area contributed by atoms with Gasteiger partial charge in [-0.15, -0.1) is 0 Å². The number of hydrogen-bond donors (Lipinski definition) is 0. The van der Waals surface area contributed by atoms with Crippen LogP contribution < -0.4 is 0 Å². The van der Waals surface area contributed by atoms with Gasteiger partial charge in [0.2, 0.25) is 0 Å². The summed E-state index contributed by atoms with van der Waals surface area (Å²) in [5.74, 6) is -1.92. The zero-order valence-corrected chi connectivity index (χ0v) is 20.7. The largest absolute Gasteiger partial charge is 0.294 e. The fourth-order valence-corrected chi connectivity index (χ4v) is 3.48. The molecule has 174 valence electrons. The van der Waals surface area contributed by atoms with Gasteiger partial charge >= 0.3 is 0 Å². The summed E-state index contributed by atoms with van der Waals surface area (Å²) in [5, 5.41) is 0. The third-order valence-electron chi connectivity index (χ3n) is 5.45. The van der Waals surface area contributed by atoms with Crippen molar-refractivity contribution in [3.05, 3.63) is 69.8 Å². The third-order valence-corrected chi connectivity index (χ3v) is 5.45. The smallest absolute Gasteiger partial charge is 0.193 e. The molecule has 0 unspecified atom stereocenters. The first-order chi connectivity index (χ1) is 15.2. The Morgan fingerprint density at radius 3 is 1.48 bits per heavy atom. The summed E-state index contributed by atoms with van der Waals surface area (Å²) in [5.41, 5.74) is 0.729. The number of carbonyl (C=O) groups is 5. The number of hydrogen-bond acceptors (Lipinski definition) is 5. The van der Waals surface area contributed by atoms with Gasteiger partial charge in [0.05, 0.1) is 0 Å². The first kappa shape index (κ1) is 26.0. The minimum absolute atomic E-state index is 0.165. The maximum atomic E-state index is 13.3. The third kappa shape index (κ3) is 5.59. The fourth-order valence-electron chi connectivity index (χ4n) is 3.48. The van der Waals surface area contributed by atoms with Crippen LogP contribution in [-0.4, -0.2) is 28.9 Å². The van der Waals surface area contributed by atoms with Crippen molar-refractivity contribution in [1.29, 1.82) is 0 Å². The van der Waals surface area contributed by atoms with Crippen LogP contribution in [0.15, 0.2) is 36.4 Å². The van der Waals surface area contributed by atoms with E-state index in [4.69, 9.17) is 0 Å². The molecule has 5 heteroatoms. The minimum Gasteiger partial charge on any atom is -0.294 e. The van der Waals surface area contributed by atoms with Crippen LogP contribution in [0.3, 0.4) is 0 Å². The van der Waals surface area contributed by atoms with Crippen molar-refractivity contribution >= 4 is 28.9 Å². The summed E-state index contributed by atoms with van der Waals surface area (Å²) in [4.78, 5) is 63.8. The van der Waals surface area contributed by atoms with E-state index in [0.29, 0.717) is 5.56 Å². The van der Waals surface area contributed by atoms with Gasteiger partial charge in [0.1, 0.15) is 0 Å². The highest BCUT2D eigenvalue weighted by Crippen LogP contribution is 2.27. The van der Waals surface area contributed by atoms with E-state index in [1.54, 1.807) is 48.5 Å². The lowest BCUT2D eigenvalue weighted by atomic mass is 9.82. The van der Waals surface area contributed by atoms with Gasteiger partial charge in [-0.2, -0.15) is 0 Å². The molecule has 5 nitrogen and oxygen atoms in total. The average Bonchev–Trinajstić information content (AvgIpc) is 2.75. The molecular weight excluding hydrogens is 416 g/mol. The molecule has 0 heterocycles. The van der Waals surface area contributed by atoms with E-state index in [1.165, 1.54) is 43.3 Å². The molecule has 33 heavy (non-hydrogen) atoms. The minimum atomic E-state index is -0.735. The SMILES string of the molecule is CC(=O)c1ccc(C(=O)c2ccc(C(=O)C(C)C)c(C(=O)C(C)C)c2)cc1C(=O)C(C)(C)C. The number of Topliss-reactive ketones (excluding diaryl/α,β-unsaturated/α-hetero) is 4. The summed E-state index contributed by atoms with van der Waals surface area (Å²) >= 11 is 0. The number of rotatable bonds is 8. The van der Waals surface area contributed by atoms with Crippen LogP contribution in [0.25, 0.3) is 0 Å². The molecular formula is C28H32O5. The van der Waals surface area contributed by atoms with Crippen LogP contribution in [0, 0.1) is 17.3 Å². The molecule has 0 saturated heterocycles. The van der Waals surface area contributed by atoms with Crippen LogP contribution >= 0.6 is 0 Å². The van der Waals surface area contributed by atoms with Gasteiger partial charge in [-0.3, -0.25) is 24.0 Å². The Hall–Kier alpha value is -3.21. The Bertz CT molecular complexity index is 1140. The molecule has 2 rings (SSSR count). The molecule has 0 radical (unpaired) electrons. The van der Waals surface area contributed by atoms with Crippen molar-refractivity contribution in [2.75, 3.05) is 0 Å². The first-order valence-electron chi connectivity index (χ1n) is 11.1. The molecule has 0 N–H and O–H groups in total. The summed E-state index contributed by atoms with van der Waals surface area (Å²) < 4.78 is 0. The average molecular weight is 449 g/mol. The monoisotopic (exact) mass is 448 g/mol. The summed E-state index contributed by atoms with van der Waals surface area (Å²) in [7, 11) is 0. The molecule has 0 aliphatic carbocycles. The van der Waals surface area contributed by atoms with E-state index in [1.807, 2.05) is 0 Å². The van der Waals surface area contributed by atoms with Gasteiger partial charge in [-0.05, 0) is 31.2 Å². The normalized spacial score (nSPS) is 11.6. The maximum absolute atomic E-state index is 13.3. The Kier molecular flexibility index (Phi) is 7.68. The highest BCUT2D eigenvalue weighted by molar-refractivity contribution is 6.16. The Morgan fingerprint density at radius 2 is 1.06 bits per heavy atom. The predicted octanol–water partition coefficient (Wildman–Crippen LogP) is 6.03. The predicted molar refractivity (Wildman–Crippen MR) is 128 cm³/mol. The number of ketones is 5. The van der Waals surface area contributed by atoms with Gasteiger partial charge in [0.15, 0.2) is 28.9 Å². The second-order valence-corrected chi connectivity index (χ2v) is 10.0. The van der Waals surface area contributed by atoms with Gasteiger partial charge in [-0.25, -0.2) is 0 Å². The second kappa shape index (κ2) is 9.74. The van der Waals surface area contributed by atoms with Gasteiger partial charge < -0.3 is 0 Å². The Morgan fingerprint density at radius 1 is 0.636 bits per heavy atom. The lowest BCUT2D eigenvalue weighted by molar-refractivity contribution is 0.0851. The van der Waals surface area contributed by atoms with E-state index in [-0.39, 0.29) is 62.8 Å². The molecule has 0 aromatic heterocycles. The van der Waals surface area contributed by atoms with Crippen molar-refractivity contribution < 1.29 is 24.0 Å². The molecule has 0 spiro atoms. The van der Waals surface area contributed by atoms with Crippen molar-refractivity contribution in [3.8, 4) is 0 Å². The van der Waals surface area contributed by atoms with Gasteiger partial charge in [-0.1, -0.05) is 60.6 Å². The molecule has 0 amide bonds. The fraction of sp³-hybridized carbons (Fsp3) is 0.393. The first-order valence-corrected chi connectivity index (χ1v) is 11.1. The molecule has 0 atom stereocenters. The standard InChI is InChI=1S/C28H32O5/c1-15(2)24(30)21-12-10-18(13-22(21)25(31)16(3)4)26(32)19-9-11-20(17(5)29)23(14-19)27(33)28(6,7)8/h9-16H,1-8H3. The van der Waals surface area contributed by atoms with Crippen molar-refractivity contribution in [2.24, 2.45) is 17.3 Å².